The lowest BCUT2D eigenvalue weighted by molar-refractivity contribution is 0.232. The van der Waals surface area contributed by atoms with Gasteiger partial charge in [0.05, 0.1) is 0 Å². The minimum atomic E-state index is -0.462. The van der Waals surface area contributed by atoms with Crippen molar-refractivity contribution < 1.29 is 8.78 Å². The van der Waals surface area contributed by atoms with Gasteiger partial charge in [0.2, 0.25) is 0 Å². The Kier molecular flexibility index (Phi) is 5.08. The molecule has 4 rings (SSSR count). The van der Waals surface area contributed by atoms with Crippen molar-refractivity contribution in [2.75, 3.05) is 0 Å². The lowest BCUT2D eigenvalue weighted by Crippen LogP contribution is -2.27. The summed E-state index contributed by atoms with van der Waals surface area (Å²) in [4.78, 5) is 2.20. The van der Waals surface area contributed by atoms with Crippen molar-refractivity contribution in [2.24, 2.45) is 0 Å². The normalized spacial score (nSPS) is 14.1. The van der Waals surface area contributed by atoms with Gasteiger partial charge in [-0.1, -0.05) is 35.9 Å². The minimum absolute atomic E-state index is 0.168. The Morgan fingerprint density at radius 3 is 2.41 bits per heavy atom. The average molecular weight is 366 g/mol. The van der Waals surface area contributed by atoms with Gasteiger partial charge in [0.15, 0.2) is 0 Å². The van der Waals surface area contributed by atoms with Crippen molar-refractivity contribution in [1.29, 1.82) is 0 Å². The van der Waals surface area contributed by atoms with Gasteiger partial charge in [-0.3, -0.25) is 4.90 Å². The van der Waals surface area contributed by atoms with Gasteiger partial charge in [-0.25, -0.2) is 8.78 Å². The van der Waals surface area contributed by atoms with Gasteiger partial charge in [-0.2, -0.15) is 0 Å². The molecule has 0 N–H and O–H groups in total. The maximum absolute atomic E-state index is 14.1. The van der Waals surface area contributed by atoms with E-state index in [-0.39, 0.29) is 5.56 Å². The van der Waals surface area contributed by atoms with Gasteiger partial charge in [0, 0.05) is 43.1 Å². The molecule has 0 spiro atoms. The van der Waals surface area contributed by atoms with E-state index in [0.717, 1.165) is 19.4 Å². The summed E-state index contributed by atoms with van der Waals surface area (Å²) in [5, 5.41) is 0. The monoisotopic (exact) mass is 366 g/mol. The fourth-order valence-electron chi connectivity index (χ4n) is 3.60. The maximum Gasteiger partial charge on any atom is 0.130 e. The molecule has 2 aromatic carbocycles. The fraction of sp³-hybridized carbons (Fsp3) is 0.304. The molecule has 0 saturated heterocycles. The van der Waals surface area contributed by atoms with Gasteiger partial charge >= 0.3 is 0 Å². The molecule has 27 heavy (non-hydrogen) atoms. The van der Waals surface area contributed by atoms with Crippen LogP contribution < -0.4 is 0 Å². The second-order valence-electron chi connectivity index (χ2n) is 7.45. The quantitative estimate of drug-likeness (QED) is 0.552. The van der Waals surface area contributed by atoms with Gasteiger partial charge in [0.1, 0.15) is 11.6 Å². The number of halogens is 2. The summed E-state index contributed by atoms with van der Waals surface area (Å²) in [6.07, 6.45) is 4.26. The highest BCUT2D eigenvalue weighted by Gasteiger charge is 2.30. The van der Waals surface area contributed by atoms with E-state index in [0.29, 0.717) is 19.1 Å². The Morgan fingerprint density at radius 1 is 0.963 bits per heavy atom. The van der Waals surface area contributed by atoms with E-state index < -0.39 is 11.6 Å². The molecule has 1 heterocycles. The summed E-state index contributed by atoms with van der Waals surface area (Å²) in [7, 11) is 0. The van der Waals surface area contributed by atoms with E-state index in [9.17, 15) is 8.78 Å². The molecule has 0 radical (unpaired) electrons. The molecule has 1 saturated carbocycles. The van der Waals surface area contributed by atoms with E-state index in [1.807, 2.05) is 6.07 Å². The molecule has 1 aliphatic rings. The maximum atomic E-state index is 14.1. The third kappa shape index (κ3) is 4.28. The van der Waals surface area contributed by atoms with Crippen LogP contribution in [-0.4, -0.2) is 15.5 Å². The summed E-state index contributed by atoms with van der Waals surface area (Å²) >= 11 is 0. The molecule has 0 bridgehead atoms. The molecule has 1 aromatic heterocycles. The Labute approximate surface area is 159 Å². The van der Waals surface area contributed by atoms with E-state index in [2.05, 4.69) is 52.9 Å². The van der Waals surface area contributed by atoms with Crippen LogP contribution in [-0.2, 0) is 19.6 Å². The second kappa shape index (κ2) is 7.65. The van der Waals surface area contributed by atoms with E-state index >= 15 is 0 Å². The van der Waals surface area contributed by atoms with E-state index in [4.69, 9.17) is 0 Å². The van der Waals surface area contributed by atoms with Crippen LogP contribution in [0.25, 0.3) is 0 Å². The van der Waals surface area contributed by atoms with Crippen molar-refractivity contribution in [3.8, 4) is 0 Å². The molecule has 2 nitrogen and oxygen atoms in total. The molecular formula is C23H24F2N2. The third-order valence-electron chi connectivity index (χ3n) is 5.21. The smallest absolute Gasteiger partial charge is 0.130 e. The first kappa shape index (κ1) is 17.9. The molecule has 140 valence electrons. The topological polar surface area (TPSA) is 8.17 Å². The van der Waals surface area contributed by atoms with Gasteiger partial charge in [0.25, 0.3) is 0 Å². The number of hydrogen-bond acceptors (Lipinski definition) is 1. The van der Waals surface area contributed by atoms with Crippen LogP contribution in [0.5, 0.6) is 0 Å². The first-order valence-electron chi connectivity index (χ1n) is 9.46. The fourth-order valence-corrected chi connectivity index (χ4v) is 3.60. The van der Waals surface area contributed by atoms with Crippen LogP contribution in [0, 0.1) is 18.6 Å². The lowest BCUT2D eigenvalue weighted by atomic mass is 10.1. The predicted molar refractivity (Wildman–Crippen MR) is 103 cm³/mol. The zero-order valence-electron chi connectivity index (χ0n) is 15.5. The summed E-state index contributed by atoms with van der Waals surface area (Å²) in [6.45, 7) is 3.89. The van der Waals surface area contributed by atoms with Crippen LogP contribution in [0.3, 0.4) is 0 Å². The predicted octanol–water partition coefficient (Wildman–Crippen LogP) is 5.29. The van der Waals surface area contributed by atoms with Crippen LogP contribution in [0.15, 0.2) is 60.8 Å². The highest BCUT2D eigenvalue weighted by Crippen LogP contribution is 2.31. The highest BCUT2D eigenvalue weighted by molar-refractivity contribution is 5.24. The molecule has 0 amide bonds. The molecule has 0 aliphatic heterocycles. The number of aromatic nitrogens is 1. The molecular weight excluding hydrogens is 342 g/mol. The Hall–Kier alpha value is -2.46. The van der Waals surface area contributed by atoms with Crippen LogP contribution in [0.1, 0.15) is 35.2 Å². The Balaban J connectivity index is 1.52. The van der Waals surface area contributed by atoms with Crippen molar-refractivity contribution in [1.82, 2.24) is 9.47 Å². The van der Waals surface area contributed by atoms with Crippen molar-refractivity contribution in [2.45, 2.75) is 45.4 Å². The van der Waals surface area contributed by atoms with Crippen LogP contribution in [0.4, 0.5) is 8.78 Å². The first-order valence-corrected chi connectivity index (χ1v) is 9.46. The minimum Gasteiger partial charge on any atom is -0.346 e. The standard InChI is InChI=1S/C23H24F2N2/c1-17-5-2-6-18(13-17)14-26-12-4-7-20(26)15-27(19-10-11-19)16-21-22(24)8-3-9-23(21)25/h2-9,12-13,19H,10-11,14-16H2,1H3. The molecule has 4 heteroatoms. The van der Waals surface area contributed by atoms with Gasteiger partial charge in [-0.15, -0.1) is 0 Å². The van der Waals surface area contributed by atoms with E-state index in [1.54, 1.807) is 0 Å². The number of nitrogens with zero attached hydrogens (tertiary/aromatic N) is 2. The van der Waals surface area contributed by atoms with Crippen molar-refractivity contribution in [3.05, 3.63) is 94.8 Å². The lowest BCUT2D eigenvalue weighted by Gasteiger charge is -2.23. The first-order chi connectivity index (χ1) is 13.1. The number of hydrogen-bond donors (Lipinski definition) is 0. The van der Waals surface area contributed by atoms with Crippen molar-refractivity contribution in [3.63, 3.8) is 0 Å². The SMILES string of the molecule is Cc1cccc(Cn2cccc2CN(Cc2c(F)cccc2F)C2CC2)c1. The number of aryl methyl sites for hydroxylation is 1. The average Bonchev–Trinajstić information content (AvgIpc) is 3.39. The van der Waals surface area contributed by atoms with Crippen LogP contribution >= 0.6 is 0 Å². The summed E-state index contributed by atoms with van der Waals surface area (Å²) in [6, 6.07) is 17.1. The highest BCUT2D eigenvalue weighted by atomic mass is 19.1. The Morgan fingerprint density at radius 2 is 1.70 bits per heavy atom. The van der Waals surface area contributed by atoms with Crippen molar-refractivity contribution >= 4 is 0 Å². The van der Waals surface area contributed by atoms with Gasteiger partial charge < -0.3 is 4.57 Å². The zero-order valence-corrected chi connectivity index (χ0v) is 15.5. The van der Waals surface area contributed by atoms with E-state index in [1.165, 1.54) is 35.0 Å². The summed E-state index contributed by atoms with van der Waals surface area (Å²) in [5.41, 5.74) is 3.84. The number of benzene rings is 2. The number of rotatable bonds is 7. The molecule has 0 atom stereocenters. The molecule has 1 aliphatic carbocycles. The van der Waals surface area contributed by atoms with Crippen LogP contribution in [0.2, 0.25) is 0 Å². The molecule has 3 aromatic rings. The Bertz CT molecular complexity index is 907. The summed E-state index contributed by atoms with van der Waals surface area (Å²) in [5.74, 6) is -0.924. The molecule has 0 unspecified atom stereocenters. The second-order valence-corrected chi connectivity index (χ2v) is 7.45. The van der Waals surface area contributed by atoms with Gasteiger partial charge in [-0.05, 0) is 49.6 Å². The molecule has 1 fully saturated rings. The summed E-state index contributed by atoms with van der Waals surface area (Å²) < 4.78 is 30.4. The third-order valence-corrected chi connectivity index (χ3v) is 5.21. The zero-order chi connectivity index (χ0) is 18.8. The largest absolute Gasteiger partial charge is 0.346 e.